The second kappa shape index (κ2) is 5.82. The maximum Gasteiger partial charge on any atom is 0.274 e. The maximum atomic E-state index is 11.6. The zero-order valence-electron chi connectivity index (χ0n) is 11.3. The van der Waals surface area contributed by atoms with Gasteiger partial charge in [0.05, 0.1) is 9.95 Å². The largest absolute Gasteiger partial charge is 0.457 e. The lowest BCUT2D eigenvalue weighted by Gasteiger charge is -2.00. The van der Waals surface area contributed by atoms with Crippen molar-refractivity contribution in [2.75, 3.05) is 0 Å². The molecule has 1 aliphatic heterocycles. The fourth-order valence-electron chi connectivity index (χ4n) is 2.02. The number of hydrogen-bond acceptors (Lipinski definition) is 5. The highest BCUT2D eigenvalue weighted by atomic mass is 35.5. The zero-order valence-corrected chi connectivity index (χ0v) is 12.9. The highest BCUT2D eigenvalue weighted by Gasteiger charge is 2.21. The molecule has 0 saturated carbocycles. The first-order valence-corrected chi connectivity index (χ1v) is 7.11. The minimum atomic E-state index is -0.514. The summed E-state index contributed by atoms with van der Waals surface area (Å²) in [5, 5.41) is 16.5. The Labute approximate surface area is 140 Å². The Morgan fingerprint density at radius 3 is 2.70 bits per heavy atom. The summed E-state index contributed by atoms with van der Waals surface area (Å²) < 4.78 is 5.58. The lowest BCUT2D eigenvalue weighted by molar-refractivity contribution is -0.384. The number of benzene rings is 1. The van der Waals surface area contributed by atoms with Gasteiger partial charge in [0.2, 0.25) is 0 Å². The molecule has 0 radical (unpaired) electrons. The van der Waals surface area contributed by atoms with E-state index in [0.29, 0.717) is 22.1 Å². The summed E-state index contributed by atoms with van der Waals surface area (Å²) in [6.45, 7) is 0. The van der Waals surface area contributed by atoms with Gasteiger partial charge >= 0.3 is 0 Å². The number of carbonyl (C=O) groups is 1. The quantitative estimate of drug-likeness (QED) is 0.383. The summed E-state index contributed by atoms with van der Waals surface area (Å²) >= 11 is 10.9. The highest BCUT2D eigenvalue weighted by Crippen LogP contribution is 2.33. The van der Waals surface area contributed by atoms with E-state index in [0.717, 1.165) is 0 Å². The van der Waals surface area contributed by atoms with Crippen molar-refractivity contribution < 1.29 is 14.1 Å². The maximum absolute atomic E-state index is 11.6. The Kier molecular flexibility index (Phi) is 3.85. The number of hydrogen-bond donors (Lipinski definition) is 2. The van der Waals surface area contributed by atoms with Crippen LogP contribution in [-0.4, -0.2) is 15.9 Å². The van der Waals surface area contributed by atoms with Crippen LogP contribution in [0.2, 0.25) is 5.02 Å². The Morgan fingerprint density at radius 2 is 2.04 bits per heavy atom. The summed E-state index contributed by atoms with van der Waals surface area (Å²) in [5.41, 5.74) is 0.550. The Hall–Kier alpha value is -2.71. The van der Waals surface area contributed by atoms with Gasteiger partial charge in [-0.25, -0.2) is 0 Å². The number of nitro groups is 1. The van der Waals surface area contributed by atoms with E-state index >= 15 is 0 Å². The average molecular weight is 350 g/mol. The van der Waals surface area contributed by atoms with E-state index < -0.39 is 4.92 Å². The third kappa shape index (κ3) is 3.08. The Morgan fingerprint density at radius 1 is 1.26 bits per heavy atom. The number of nitro benzene ring substituents is 1. The van der Waals surface area contributed by atoms with Crippen molar-refractivity contribution in [3.63, 3.8) is 0 Å². The number of amides is 1. The monoisotopic (exact) mass is 349 g/mol. The molecule has 2 N–H and O–H groups in total. The van der Waals surface area contributed by atoms with Crippen LogP contribution in [0.15, 0.2) is 40.4 Å². The van der Waals surface area contributed by atoms with Crippen molar-refractivity contribution in [2.45, 2.75) is 0 Å². The fraction of sp³-hybridized carbons (Fsp3) is 0. The van der Waals surface area contributed by atoms with E-state index in [1.165, 1.54) is 24.3 Å². The number of nitrogens with zero attached hydrogens (tertiary/aromatic N) is 1. The van der Waals surface area contributed by atoms with Crippen molar-refractivity contribution in [1.29, 1.82) is 0 Å². The molecule has 1 aromatic heterocycles. The number of rotatable bonds is 3. The molecule has 3 rings (SSSR count). The molecule has 0 atom stereocenters. The van der Waals surface area contributed by atoms with Crippen LogP contribution in [0.3, 0.4) is 0 Å². The van der Waals surface area contributed by atoms with Crippen molar-refractivity contribution in [2.24, 2.45) is 0 Å². The predicted octanol–water partition coefficient (Wildman–Crippen LogP) is 2.85. The van der Waals surface area contributed by atoms with Crippen molar-refractivity contribution >= 4 is 46.6 Å². The second-order valence-electron chi connectivity index (χ2n) is 4.59. The molecule has 1 amide bonds. The van der Waals surface area contributed by atoms with Crippen LogP contribution in [0, 0.1) is 10.1 Å². The lowest BCUT2D eigenvalue weighted by Crippen LogP contribution is -2.21. The second-order valence-corrected chi connectivity index (χ2v) is 5.40. The van der Waals surface area contributed by atoms with E-state index in [4.69, 9.17) is 28.2 Å². The van der Waals surface area contributed by atoms with Crippen molar-refractivity contribution in [3.05, 3.63) is 56.9 Å². The minimum Gasteiger partial charge on any atom is -0.457 e. The standard InChI is InChI=1S/C14H8ClN3O4S/c15-10-3-1-7(18(20)21)5-9(10)12-4-2-8(22-12)6-11-13(19)17-14(23)16-11/h1-6H,(H2,16,17,19,23)/b11-6-. The van der Waals surface area contributed by atoms with E-state index in [1.807, 2.05) is 0 Å². The number of non-ortho nitro benzene ring substituents is 1. The molecule has 1 aliphatic rings. The van der Waals surface area contributed by atoms with Crippen molar-refractivity contribution in [1.82, 2.24) is 10.6 Å². The molecule has 9 heteroatoms. The normalized spacial score (nSPS) is 15.6. The minimum absolute atomic E-state index is 0.0945. The van der Waals surface area contributed by atoms with E-state index in [2.05, 4.69) is 10.6 Å². The number of halogens is 1. The van der Waals surface area contributed by atoms with Gasteiger partial charge in [-0.3, -0.25) is 20.2 Å². The number of nitrogens with one attached hydrogen (secondary N) is 2. The zero-order chi connectivity index (χ0) is 16.6. The van der Waals surface area contributed by atoms with Gasteiger partial charge < -0.3 is 9.73 Å². The lowest BCUT2D eigenvalue weighted by atomic mass is 10.1. The van der Waals surface area contributed by atoms with Crippen LogP contribution in [0.1, 0.15) is 5.76 Å². The van der Waals surface area contributed by atoms with Crippen LogP contribution in [0.5, 0.6) is 0 Å². The van der Waals surface area contributed by atoms with Crippen LogP contribution in [-0.2, 0) is 4.79 Å². The van der Waals surface area contributed by atoms with Crippen LogP contribution in [0.25, 0.3) is 17.4 Å². The first kappa shape index (κ1) is 15.2. The molecular formula is C14H8ClN3O4S. The molecule has 1 fully saturated rings. The van der Waals surface area contributed by atoms with Crippen LogP contribution >= 0.6 is 23.8 Å². The van der Waals surface area contributed by atoms with E-state index in [9.17, 15) is 14.9 Å². The summed E-state index contributed by atoms with van der Waals surface area (Å²) in [6.07, 6.45) is 1.48. The molecule has 0 bridgehead atoms. The molecule has 0 aliphatic carbocycles. The van der Waals surface area contributed by atoms with Crippen LogP contribution in [0.4, 0.5) is 5.69 Å². The van der Waals surface area contributed by atoms with Crippen molar-refractivity contribution in [3.8, 4) is 11.3 Å². The highest BCUT2D eigenvalue weighted by molar-refractivity contribution is 7.80. The summed E-state index contributed by atoms with van der Waals surface area (Å²) in [4.78, 5) is 21.9. The molecule has 23 heavy (non-hydrogen) atoms. The van der Waals surface area contributed by atoms with Gasteiger partial charge in [0.25, 0.3) is 11.6 Å². The number of thiocarbonyl (C=S) groups is 1. The SMILES string of the molecule is O=C1NC(=S)N/C1=C\c1ccc(-c2cc([N+](=O)[O-])ccc2Cl)o1. The topological polar surface area (TPSA) is 97.4 Å². The molecule has 116 valence electrons. The molecular weight excluding hydrogens is 342 g/mol. The first-order valence-electron chi connectivity index (χ1n) is 6.32. The molecule has 1 aromatic carbocycles. The number of carbonyl (C=O) groups excluding carboxylic acids is 1. The van der Waals surface area contributed by atoms with E-state index in [-0.39, 0.29) is 22.4 Å². The Balaban J connectivity index is 1.95. The molecule has 0 unspecified atom stereocenters. The third-order valence-electron chi connectivity index (χ3n) is 3.06. The Bertz CT molecular complexity index is 875. The molecule has 1 saturated heterocycles. The van der Waals surface area contributed by atoms with Gasteiger partial charge in [0.1, 0.15) is 17.2 Å². The van der Waals surface area contributed by atoms with Gasteiger partial charge in [0.15, 0.2) is 5.11 Å². The first-order chi connectivity index (χ1) is 10.9. The van der Waals surface area contributed by atoms with E-state index in [1.54, 1.807) is 12.1 Å². The third-order valence-corrected chi connectivity index (χ3v) is 3.59. The van der Waals surface area contributed by atoms with Gasteiger partial charge in [-0.2, -0.15) is 0 Å². The number of furan rings is 1. The molecule has 0 spiro atoms. The average Bonchev–Trinajstić information content (AvgIpc) is 3.06. The molecule has 2 heterocycles. The summed E-state index contributed by atoms with van der Waals surface area (Å²) in [5.74, 6) is 0.373. The molecule has 2 aromatic rings. The van der Waals surface area contributed by atoms with Gasteiger partial charge in [-0.15, -0.1) is 0 Å². The summed E-state index contributed by atoms with van der Waals surface area (Å²) in [7, 11) is 0. The van der Waals surface area contributed by atoms with Gasteiger partial charge in [0, 0.05) is 23.8 Å². The molecule has 7 nitrogen and oxygen atoms in total. The van der Waals surface area contributed by atoms with Crippen LogP contribution < -0.4 is 10.6 Å². The van der Waals surface area contributed by atoms with Gasteiger partial charge in [-0.05, 0) is 30.4 Å². The van der Waals surface area contributed by atoms with Gasteiger partial charge in [-0.1, -0.05) is 11.6 Å². The predicted molar refractivity (Wildman–Crippen MR) is 87.7 cm³/mol. The smallest absolute Gasteiger partial charge is 0.274 e. The fourth-order valence-corrected chi connectivity index (χ4v) is 2.43. The summed E-state index contributed by atoms with van der Waals surface area (Å²) in [6, 6.07) is 7.30.